The van der Waals surface area contributed by atoms with Crippen molar-refractivity contribution >= 4 is 0 Å². The maximum absolute atomic E-state index is 13.9. The second kappa shape index (κ2) is 5.84. The van der Waals surface area contributed by atoms with Crippen LogP contribution in [0.3, 0.4) is 0 Å². The molecular weight excluding hydrogens is 245 g/mol. The molecule has 0 radical (unpaired) electrons. The van der Waals surface area contributed by atoms with Crippen LogP contribution in [0.4, 0.5) is 4.39 Å². The minimum atomic E-state index is -0.376. The quantitative estimate of drug-likeness (QED) is 0.870. The van der Waals surface area contributed by atoms with Crippen molar-refractivity contribution in [3.63, 3.8) is 0 Å². The highest BCUT2D eigenvalue weighted by Gasteiger charge is 2.12. The van der Waals surface area contributed by atoms with E-state index >= 15 is 0 Å². The molecule has 0 unspecified atom stereocenters. The molecule has 0 spiro atoms. The van der Waals surface area contributed by atoms with Crippen LogP contribution in [0.1, 0.15) is 18.4 Å². The Morgan fingerprint density at radius 3 is 2.84 bits per heavy atom. The number of aromatic nitrogens is 2. The second-order valence-electron chi connectivity index (χ2n) is 4.27. The smallest absolute Gasteiger partial charge is 0.165 e. The summed E-state index contributed by atoms with van der Waals surface area (Å²) >= 11 is 0. The fourth-order valence-electron chi connectivity index (χ4n) is 2.03. The predicted molar refractivity (Wildman–Crippen MR) is 72.6 cm³/mol. The lowest BCUT2D eigenvalue weighted by Gasteiger charge is -2.06. The molecular formula is C14H18FN3O. The Hall–Kier alpha value is -1.88. The van der Waals surface area contributed by atoms with Gasteiger partial charge in [-0.15, -0.1) is 0 Å². The van der Waals surface area contributed by atoms with Crippen molar-refractivity contribution in [3.8, 4) is 17.0 Å². The molecule has 0 bridgehead atoms. The summed E-state index contributed by atoms with van der Waals surface area (Å²) in [5.74, 6) is 0.685. The number of ether oxygens (including phenoxy) is 1. The predicted octanol–water partition coefficient (Wildman–Crippen LogP) is 2.42. The molecule has 3 N–H and O–H groups in total. The van der Waals surface area contributed by atoms with E-state index in [2.05, 4.69) is 9.97 Å². The van der Waals surface area contributed by atoms with Gasteiger partial charge in [-0.1, -0.05) is 0 Å². The molecule has 0 saturated heterocycles. The van der Waals surface area contributed by atoms with Gasteiger partial charge in [0.05, 0.1) is 12.3 Å². The summed E-state index contributed by atoms with van der Waals surface area (Å²) in [6.45, 7) is 4.66. The number of H-pyrrole nitrogens is 1. The number of aryl methyl sites for hydroxylation is 1. The summed E-state index contributed by atoms with van der Waals surface area (Å²) in [6.07, 6.45) is 0.686. The molecule has 4 nitrogen and oxygen atoms in total. The van der Waals surface area contributed by atoms with Crippen LogP contribution in [0.15, 0.2) is 18.2 Å². The molecule has 2 aromatic rings. The van der Waals surface area contributed by atoms with Gasteiger partial charge in [0.15, 0.2) is 11.6 Å². The van der Waals surface area contributed by atoms with E-state index < -0.39 is 0 Å². The Bertz CT molecular complexity index is 566. The van der Waals surface area contributed by atoms with Crippen molar-refractivity contribution < 1.29 is 9.13 Å². The van der Waals surface area contributed by atoms with Gasteiger partial charge in [-0.2, -0.15) is 0 Å². The molecule has 0 aliphatic rings. The summed E-state index contributed by atoms with van der Waals surface area (Å²) in [5.41, 5.74) is 7.99. The maximum Gasteiger partial charge on any atom is 0.165 e. The number of halogens is 1. The van der Waals surface area contributed by atoms with Gasteiger partial charge in [0.25, 0.3) is 0 Å². The third kappa shape index (κ3) is 2.93. The Labute approximate surface area is 111 Å². The zero-order valence-corrected chi connectivity index (χ0v) is 11.2. The van der Waals surface area contributed by atoms with E-state index in [1.807, 2.05) is 19.9 Å². The van der Waals surface area contributed by atoms with Gasteiger partial charge in [-0.25, -0.2) is 9.37 Å². The monoisotopic (exact) mass is 263 g/mol. The maximum atomic E-state index is 13.9. The molecule has 1 aromatic heterocycles. The number of imidazole rings is 1. The fourth-order valence-corrected chi connectivity index (χ4v) is 2.03. The van der Waals surface area contributed by atoms with Crippen LogP contribution in [0.2, 0.25) is 0 Å². The lowest BCUT2D eigenvalue weighted by atomic mass is 10.1. The number of hydrogen-bond donors (Lipinski definition) is 2. The molecule has 0 aliphatic carbocycles. The van der Waals surface area contributed by atoms with E-state index in [9.17, 15) is 4.39 Å². The van der Waals surface area contributed by atoms with Crippen LogP contribution >= 0.6 is 0 Å². The van der Waals surface area contributed by atoms with Gasteiger partial charge in [-0.3, -0.25) is 0 Å². The highest BCUT2D eigenvalue weighted by molar-refractivity contribution is 5.63. The molecule has 0 atom stereocenters. The average Bonchev–Trinajstić information content (AvgIpc) is 2.74. The molecule has 0 fully saturated rings. The van der Waals surface area contributed by atoms with Crippen molar-refractivity contribution in [2.45, 2.75) is 20.3 Å². The van der Waals surface area contributed by atoms with Crippen LogP contribution in [-0.4, -0.2) is 23.1 Å². The van der Waals surface area contributed by atoms with Crippen LogP contribution in [-0.2, 0) is 6.42 Å². The molecule has 1 aromatic carbocycles. The van der Waals surface area contributed by atoms with E-state index in [-0.39, 0.29) is 11.6 Å². The van der Waals surface area contributed by atoms with Crippen molar-refractivity contribution in [1.82, 2.24) is 9.97 Å². The first-order chi connectivity index (χ1) is 9.15. The first kappa shape index (κ1) is 13.5. The third-order valence-corrected chi connectivity index (χ3v) is 2.80. The highest BCUT2D eigenvalue weighted by Crippen LogP contribution is 2.27. The normalized spacial score (nSPS) is 10.7. The van der Waals surface area contributed by atoms with Crippen LogP contribution < -0.4 is 10.5 Å². The first-order valence-corrected chi connectivity index (χ1v) is 6.34. The Balaban J connectivity index is 2.38. The fraction of sp³-hybridized carbons (Fsp3) is 0.357. The number of nitrogens with one attached hydrogen (secondary N) is 1. The molecule has 1 heterocycles. The van der Waals surface area contributed by atoms with Crippen molar-refractivity contribution in [3.05, 3.63) is 35.5 Å². The summed E-state index contributed by atoms with van der Waals surface area (Å²) in [6, 6.07) is 4.88. The molecule has 0 aliphatic heterocycles. The number of aromatic amines is 1. The van der Waals surface area contributed by atoms with E-state index in [0.717, 1.165) is 22.8 Å². The van der Waals surface area contributed by atoms with Crippen LogP contribution in [0.25, 0.3) is 11.3 Å². The molecule has 19 heavy (non-hydrogen) atoms. The zero-order chi connectivity index (χ0) is 13.8. The first-order valence-electron chi connectivity index (χ1n) is 6.34. The lowest BCUT2D eigenvalue weighted by molar-refractivity contribution is 0.321. The summed E-state index contributed by atoms with van der Waals surface area (Å²) in [7, 11) is 0. The molecule has 5 heteroatoms. The lowest BCUT2D eigenvalue weighted by Crippen LogP contribution is -2.04. The van der Waals surface area contributed by atoms with Crippen molar-refractivity contribution in [2.75, 3.05) is 13.2 Å². The third-order valence-electron chi connectivity index (χ3n) is 2.80. The van der Waals surface area contributed by atoms with Gasteiger partial charge in [0.2, 0.25) is 0 Å². The molecule has 102 valence electrons. The molecule has 0 saturated carbocycles. The van der Waals surface area contributed by atoms with Gasteiger partial charge in [-0.05, 0) is 38.6 Å². The number of nitrogens with zero attached hydrogens (tertiary/aromatic N) is 1. The van der Waals surface area contributed by atoms with Gasteiger partial charge >= 0.3 is 0 Å². The SMILES string of the molecule is CCOc1ccc(-c2nc(C)[nH]c2CCN)cc1F. The Morgan fingerprint density at radius 1 is 1.42 bits per heavy atom. The zero-order valence-electron chi connectivity index (χ0n) is 11.2. The summed E-state index contributed by atoms with van der Waals surface area (Å²) in [4.78, 5) is 7.56. The number of benzene rings is 1. The van der Waals surface area contributed by atoms with E-state index in [0.29, 0.717) is 19.6 Å². The number of hydrogen-bond acceptors (Lipinski definition) is 3. The minimum absolute atomic E-state index is 0.263. The van der Waals surface area contributed by atoms with Crippen LogP contribution in [0.5, 0.6) is 5.75 Å². The van der Waals surface area contributed by atoms with Gasteiger partial charge < -0.3 is 15.5 Å². The average molecular weight is 263 g/mol. The van der Waals surface area contributed by atoms with E-state index in [1.54, 1.807) is 6.07 Å². The van der Waals surface area contributed by atoms with Gasteiger partial charge in [0, 0.05) is 17.7 Å². The van der Waals surface area contributed by atoms with Crippen LogP contribution in [0, 0.1) is 12.7 Å². The highest BCUT2D eigenvalue weighted by atomic mass is 19.1. The van der Waals surface area contributed by atoms with Crippen molar-refractivity contribution in [1.29, 1.82) is 0 Å². The second-order valence-corrected chi connectivity index (χ2v) is 4.27. The topological polar surface area (TPSA) is 63.9 Å². The summed E-state index contributed by atoms with van der Waals surface area (Å²) < 4.78 is 19.0. The Kier molecular flexibility index (Phi) is 4.16. The van der Waals surface area contributed by atoms with Gasteiger partial charge in [0.1, 0.15) is 5.82 Å². The standard InChI is InChI=1S/C14H18FN3O/c1-3-19-13-5-4-10(8-11(13)15)14-12(6-7-16)17-9(2)18-14/h4-5,8H,3,6-7,16H2,1-2H3,(H,17,18). The minimum Gasteiger partial charge on any atom is -0.491 e. The summed E-state index contributed by atoms with van der Waals surface area (Å²) in [5, 5.41) is 0. The molecule has 2 rings (SSSR count). The molecule has 0 amide bonds. The van der Waals surface area contributed by atoms with E-state index in [1.165, 1.54) is 6.07 Å². The number of rotatable bonds is 5. The Morgan fingerprint density at radius 2 is 2.21 bits per heavy atom. The van der Waals surface area contributed by atoms with Crippen molar-refractivity contribution in [2.24, 2.45) is 5.73 Å². The number of nitrogens with two attached hydrogens (primary N) is 1. The largest absolute Gasteiger partial charge is 0.491 e. The van der Waals surface area contributed by atoms with E-state index in [4.69, 9.17) is 10.5 Å².